The van der Waals surface area contributed by atoms with Gasteiger partial charge in [-0.05, 0) is 18.9 Å². The normalized spacial score (nSPS) is 19.6. The fourth-order valence-corrected chi connectivity index (χ4v) is 2.16. The highest BCUT2D eigenvalue weighted by Crippen LogP contribution is 2.26. The van der Waals surface area contributed by atoms with Crippen LogP contribution in [-0.4, -0.2) is 34.7 Å². The standard InChI is InChI=1S/C11H15N3O3/c1-8-4-10(14(16)17)5-12-11(8)13-3-2-9(6-13)7-15/h4-5,9,15H,2-3,6-7H2,1H3. The van der Waals surface area contributed by atoms with Gasteiger partial charge in [-0.1, -0.05) is 0 Å². The average Bonchev–Trinajstić information content (AvgIpc) is 2.77. The van der Waals surface area contributed by atoms with E-state index in [4.69, 9.17) is 5.11 Å². The molecule has 0 amide bonds. The van der Waals surface area contributed by atoms with E-state index in [1.807, 2.05) is 6.92 Å². The Bertz CT molecular complexity index is 436. The highest BCUT2D eigenvalue weighted by Gasteiger charge is 2.24. The maximum atomic E-state index is 10.6. The number of hydrogen-bond donors (Lipinski definition) is 1. The van der Waals surface area contributed by atoms with Gasteiger partial charge in [0.15, 0.2) is 0 Å². The van der Waals surface area contributed by atoms with Gasteiger partial charge in [-0.3, -0.25) is 10.1 Å². The summed E-state index contributed by atoms with van der Waals surface area (Å²) in [4.78, 5) is 16.4. The smallest absolute Gasteiger partial charge is 0.287 e. The molecule has 1 aliphatic heterocycles. The quantitative estimate of drug-likeness (QED) is 0.629. The molecule has 92 valence electrons. The molecule has 1 aliphatic rings. The largest absolute Gasteiger partial charge is 0.396 e. The molecule has 1 unspecified atom stereocenters. The van der Waals surface area contributed by atoms with E-state index in [0.29, 0.717) is 0 Å². The van der Waals surface area contributed by atoms with Gasteiger partial charge in [0, 0.05) is 31.7 Å². The first-order chi connectivity index (χ1) is 8.11. The third-order valence-electron chi connectivity index (χ3n) is 3.09. The summed E-state index contributed by atoms with van der Waals surface area (Å²) in [6.07, 6.45) is 2.23. The van der Waals surface area contributed by atoms with Crippen molar-refractivity contribution < 1.29 is 10.0 Å². The van der Waals surface area contributed by atoms with Crippen LogP contribution in [0.1, 0.15) is 12.0 Å². The van der Waals surface area contributed by atoms with Crippen LogP contribution >= 0.6 is 0 Å². The van der Waals surface area contributed by atoms with Gasteiger partial charge in [0.25, 0.3) is 5.69 Å². The van der Waals surface area contributed by atoms with Gasteiger partial charge < -0.3 is 10.0 Å². The molecule has 2 heterocycles. The number of rotatable bonds is 3. The Morgan fingerprint density at radius 3 is 3.00 bits per heavy atom. The molecule has 0 radical (unpaired) electrons. The second kappa shape index (κ2) is 4.67. The Kier molecular flexibility index (Phi) is 3.23. The van der Waals surface area contributed by atoms with Crippen molar-refractivity contribution in [1.29, 1.82) is 0 Å². The number of pyridine rings is 1. The first-order valence-corrected chi connectivity index (χ1v) is 5.58. The number of nitro groups is 1. The van der Waals surface area contributed by atoms with Crippen molar-refractivity contribution in [2.24, 2.45) is 5.92 Å². The molecule has 1 aromatic rings. The Balaban J connectivity index is 2.20. The van der Waals surface area contributed by atoms with Crippen LogP contribution in [0, 0.1) is 23.0 Å². The third-order valence-corrected chi connectivity index (χ3v) is 3.09. The van der Waals surface area contributed by atoms with Crippen molar-refractivity contribution in [2.75, 3.05) is 24.6 Å². The predicted molar refractivity (Wildman–Crippen MR) is 63.0 cm³/mol. The molecule has 0 spiro atoms. The van der Waals surface area contributed by atoms with E-state index >= 15 is 0 Å². The predicted octanol–water partition coefficient (Wildman–Crippen LogP) is 1.12. The van der Waals surface area contributed by atoms with Crippen LogP contribution in [0.5, 0.6) is 0 Å². The first-order valence-electron chi connectivity index (χ1n) is 5.58. The highest BCUT2D eigenvalue weighted by atomic mass is 16.6. The Labute approximate surface area is 99.0 Å². The van der Waals surface area contributed by atoms with Crippen molar-refractivity contribution in [1.82, 2.24) is 4.98 Å². The minimum atomic E-state index is -0.440. The lowest BCUT2D eigenvalue weighted by Crippen LogP contribution is -2.22. The fourth-order valence-electron chi connectivity index (χ4n) is 2.16. The minimum Gasteiger partial charge on any atom is -0.396 e. The topological polar surface area (TPSA) is 79.5 Å². The van der Waals surface area contributed by atoms with E-state index in [2.05, 4.69) is 9.88 Å². The summed E-state index contributed by atoms with van der Waals surface area (Å²) in [7, 11) is 0. The third kappa shape index (κ3) is 2.36. The highest BCUT2D eigenvalue weighted by molar-refractivity contribution is 5.51. The van der Waals surface area contributed by atoms with Gasteiger partial charge in [0.1, 0.15) is 12.0 Å². The van der Waals surface area contributed by atoms with E-state index in [1.165, 1.54) is 12.3 Å². The molecule has 0 aliphatic carbocycles. The summed E-state index contributed by atoms with van der Waals surface area (Å²) in [6.45, 7) is 3.61. The molecular weight excluding hydrogens is 222 g/mol. The molecule has 17 heavy (non-hydrogen) atoms. The summed E-state index contributed by atoms with van der Waals surface area (Å²) in [5, 5.41) is 19.7. The van der Waals surface area contributed by atoms with Crippen molar-refractivity contribution in [3.05, 3.63) is 27.9 Å². The second-order valence-corrected chi connectivity index (χ2v) is 4.37. The molecule has 1 atom stereocenters. The van der Waals surface area contributed by atoms with Crippen LogP contribution in [-0.2, 0) is 0 Å². The van der Waals surface area contributed by atoms with Crippen LogP contribution in [0.15, 0.2) is 12.3 Å². The van der Waals surface area contributed by atoms with Gasteiger partial charge >= 0.3 is 0 Å². The maximum Gasteiger partial charge on any atom is 0.287 e. The lowest BCUT2D eigenvalue weighted by molar-refractivity contribution is -0.385. The zero-order valence-electron chi connectivity index (χ0n) is 9.67. The van der Waals surface area contributed by atoms with Crippen molar-refractivity contribution in [2.45, 2.75) is 13.3 Å². The molecular formula is C11H15N3O3. The molecule has 0 saturated carbocycles. The summed E-state index contributed by atoms with van der Waals surface area (Å²) in [5.41, 5.74) is 0.821. The zero-order valence-corrected chi connectivity index (χ0v) is 9.67. The number of anilines is 1. The Hall–Kier alpha value is -1.69. The van der Waals surface area contributed by atoms with Gasteiger partial charge in [-0.25, -0.2) is 4.98 Å². The molecule has 0 bridgehead atoms. The number of nitrogens with zero attached hydrogens (tertiary/aromatic N) is 3. The first kappa shape index (κ1) is 11.8. The molecule has 0 aromatic carbocycles. The SMILES string of the molecule is Cc1cc([N+](=O)[O-])cnc1N1CCC(CO)C1. The molecule has 1 saturated heterocycles. The van der Waals surface area contributed by atoms with Gasteiger partial charge in [0.05, 0.1) is 4.92 Å². The van der Waals surface area contributed by atoms with Crippen LogP contribution in [0.3, 0.4) is 0 Å². The fraction of sp³-hybridized carbons (Fsp3) is 0.545. The summed E-state index contributed by atoms with van der Waals surface area (Å²) < 4.78 is 0. The van der Waals surface area contributed by atoms with Gasteiger partial charge in [0.2, 0.25) is 0 Å². The maximum absolute atomic E-state index is 10.6. The molecule has 2 rings (SSSR count). The lowest BCUT2D eigenvalue weighted by Gasteiger charge is -2.18. The Morgan fingerprint density at radius 2 is 2.47 bits per heavy atom. The van der Waals surface area contributed by atoms with Crippen molar-refractivity contribution >= 4 is 11.5 Å². The molecule has 1 aromatic heterocycles. The number of hydrogen-bond acceptors (Lipinski definition) is 5. The summed E-state index contributed by atoms with van der Waals surface area (Å²) in [6, 6.07) is 1.54. The average molecular weight is 237 g/mol. The van der Waals surface area contributed by atoms with Crippen LogP contribution < -0.4 is 4.90 Å². The van der Waals surface area contributed by atoms with Crippen LogP contribution in [0.4, 0.5) is 11.5 Å². The van der Waals surface area contributed by atoms with E-state index in [0.717, 1.165) is 30.9 Å². The number of aliphatic hydroxyl groups is 1. The summed E-state index contributed by atoms with van der Waals surface area (Å²) >= 11 is 0. The monoisotopic (exact) mass is 237 g/mol. The van der Waals surface area contributed by atoms with Gasteiger partial charge in [-0.2, -0.15) is 0 Å². The minimum absolute atomic E-state index is 0.0177. The van der Waals surface area contributed by atoms with E-state index < -0.39 is 4.92 Å². The molecule has 1 fully saturated rings. The van der Waals surface area contributed by atoms with E-state index in [-0.39, 0.29) is 18.2 Å². The van der Waals surface area contributed by atoms with Crippen LogP contribution in [0.25, 0.3) is 0 Å². The molecule has 1 N–H and O–H groups in total. The molecule has 6 nitrogen and oxygen atoms in total. The summed E-state index contributed by atoms with van der Waals surface area (Å²) in [5.74, 6) is 1.07. The Morgan fingerprint density at radius 1 is 1.71 bits per heavy atom. The number of aryl methyl sites for hydroxylation is 1. The molecule has 6 heteroatoms. The van der Waals surface area contributed by atoms with E-state index in [9.17, 15) is 10.1 Å². The van der Waals surface area contributed by atoms with E-state index in [1.54, 1.807) is 0 Å². The van der Waals surface area contributed by atoms with Crippen molar-refractivity contribution in [3.63, 3.8) is 0 Å². The van der Waals surface area contributed by atoms with Gasteiger partial charge in [-0.15, -0.1) is 0 Å². The number of aliphatic hydroxyl groups excluding tert-OH is 1. The van der Waals surface area contributed by atoms with Crippen molar-refractivity contribution in [3.8, 4) is 0 Å². The lowest BCUT2D eigenvalue weighted by atomic mass is 10.1. The zero-order chi connectivity index (χ0) is 12.4. The van der Waals surface area contributed by atoms with Crippen LogP contribution in [0.2, 0.25) is 0 Å². The number of aromatic nitrogens is 1. The second-order valence-electron chi connectivity index (χ2n) is 4.37.